The summed E-state index contributed by atoms with van der Waals surface area (Å²) in [6, 6.07) is 4.61. The predicted molar refractivity (Wildman–Crippen MR) is 104 cm³/mol. The van der Waals surface area contributed by atoms with Crippen molar-refractivity contribution in [3.63, 3.8) is 0 Å². The SMILES string of the molecule is CC(C)(C)C1OCCCC1CNC(=O)CNC(=O)c1ccc(Cl)cc1Cl. The lowest BCUT2D eigenvalue weighted by Crippen LogP contribution is -2.46. The third kappa shape index (κ3) is 5.86. The van der Waals surface area contributed by atoms with Crippen LogP contribution in [-0.4, -0.2) is 37.6 Å². The molecule has 1 heterocycles. The minimum atomic E-state index is -0.407. The Labute approximate surface area is 164 Å². The van der Waals surface area contributed by atoms with Crippen molar-refractivity contribution >= 4 is 35.0 Å². The summed E-state index contributed by atoms with van der Waals surface area (Å²) in [5, 5.41) is 6.18. The second kappa shape index (κ2) is 9.07. The highest BCUT2D eigenvalue weighted by Crippen LogP contribution is 2.33. The molecule has 5 nitrogen and oxygen atoms in total. The summed E-state index contributed by atoms with van der Waals surface area (Å²) >= 11 is 11.8. The van der Waals surface area contributed by atoms with E-state index in [0.29, 0.717) is 11.6 Å². The second-order valence-corrected chi connectivity index (χ2v) is 8.51. The molecule has 26 heavy (non-hydrogen) atoms. The number of carbonyl (C=O) groups is 2. The van der Waals surface area contributed by atoms with E-state index in [1.54, 1.807) is 6.07 Å². The number of ether oxygens (including phenoxy) is 1. The van der Waals surface area contributed by atoms with Gasteiger partial charge in [0.2, 0.25) is 5.91 Å². The van der Waals surface area contributed by atoms with Crippen molar-refractivity contribution < 1.29 is 14.3 Å². The summed E-state index contributed by atoms with van der Waals surface area (Å²) in [5.41, 5.74) is 0.312. The van der Waals surface area contributed by atoms with Crippen LogP contribution >= 0.6 is 23.2 Å². The smallest absolute Gasteiger partial charge is 0.253 e. The van der Waals surface area contributed by atoms with Crippen LogP contribution in [0.15, 0.2) is 18.2 Å². The molecule has 2 atom stereocenters. The summed E-state index contributed by atoms with van der Waals surface area (Å²) in [6.45, 7) is 7.64. The molecule has 1 aliphatic heterocycles. The van der Waals surface area contributed by atoms with Gasteiger partial charge in [0.15, 0.2) is 0 Å². The molecule has 1 aromatic rings. The van der Waals surface area contributed by atoms with Crippen molar-refractivity contribution in [3.8, 4) is 0 Å². The number of amides is 2. The third-order valence-electron chi connectivity index (χ3n) is 4.45. The molecule has 2 amide bonds. The fourth-order valence-electron chi connectivity index (χ4n) is 3.25. The fourth-order valence-corrected chi connectivity index (χ4v) is 3.74. The molecule has 7 heteroatoms. The molecule has 2 N–H and O–H groups in total. The van der Waals surface area contributed by atoms with E-state index in [2.05, 4.69) is 31.4 Å². The van der Waals surface area contributed by atoms with E-state index in [4.69, 9.17) is 27.9 Å². The molecule has 0 aliphatic carbocycles. The molecule has 1 saturated heterocycles. The van der Waals surface area contributed by atoms with Gasteiger partial charge in [-0.25, -0.2) is 0 Å². The molecule has 1 aliphatic rings. The quantitative estimate of drug-likeness (QED) is 0.791. The number of hydrogen-bond acceptors (Lipinski definition) is 3. The Morgan fingerprint density at radius 1 is 1.23 bits per heavy atom. The van der Waals surface area contributed by atoms with Gasteiger partial charge in [-0.2, -0.15) is 0 Å². The summed E-state index contributed by atoms with van der Waals surface area (Å²) in [5.74, 6) is -0.369. The molecule has 144 valence electrons. The minimum absolute atomic E-state index is 0.0232. The van der Waals surface area contributed by atoms with Gasteiger partial charge in [-0.1, -0.05) is 44.0 Å². The van der Waals surface area contributed by atoms with Gasteiger partial charge in [-0.05, 0) is 36.5 Å². The van der Waals surface area contributed by atoms with Crippen LogP contribution in [0.3, 0.4) is 0 Å². The Hall–Kier alpha value is -1.30. The van der Waals surface area contributed by atoms with E-state index in [9.17, 15) is 9.59 Å². The van der Waals surface area contributed by atoms with Crippen LogP contribution in [0.2, 0.25) is 10.0 Å². The first kappa shape index (κ1) is 21.0. The zero-order valence-corrected chi connectivity index (χ0v) is 16.9. The van der Waals surface area contributed by atoms with Crippen molar-refractivity contribution in [1.29, 1.82) is 0 Å². The normalized spacial score (nSPS) is 20.5. The molecular formula is C19H26Cl2N2O3. The number of hydrogen-bond donors (Lipinski definition) is 2. The number of halogens is 2. The lowest BCUT2D eigenvalue weighted by molar-refractivity contribution is -0.122. The van der Waals surface area contributed by atoms with E-state index < -0.39 is 5.91 Å². The monoisotopic (exact) mass is 400 g/mol. The van der Waals surface area contributed by atoms with E-state index in [-0.39, 0.29) is 40.5 Å². The van der Waals surface area contributed by atoms with Gasteiger partial charge in [-0.3, -0.25) is 9.59 Å². The van der Waals surface area contributed by atoms with Gasteiger partial charge in [0.1, 0.15) is 0 Å². The molecule has 0 saturated carbocycles. The highest BCUT2D eigenvalue weighted by atomic mass is 35.5. The van der Waals surface area contributed by atoms with Crippen molar-refractivity contribution in [2.45, 2.75) is 39.7 Å². The third-order valence-corrected chi connectivity index (χ3v) is 4.99. The molecule has 0 radical (unpaired) electrons. The van der Waals surface area contributed by atoms with Crippen LogP contribution < -0.4 is 10.6 Å². The summed E-state index contributed by atoms with van der Waals surface area (Å²) in [4.78, 5) is 24.2. The van der Waals surface area contributed by atoms with Crippen molar-refractivity contribution in [3.05, 3.63) is 33.8 Å². The Morgan fingerprint density at radius 3 is 2.62 bits per heavy atom. The molecule has 2 unspecified atom stereocenters. The summed E-state index contributed by atoms with van der Waals surface area (Å²) < 4.78 is 5.92. The Kier molecular flexibility index (Phi) is 7.33. The van der Waals surface area contributed by atoms with Crippen LogP contribution in [0.4, 0.5) is 0 Å². The van der Waals surface area contributed by atoms with Gasteiger partial charge in [-0.15, -0.1) is 0 Å². The lowest BCUT2D eigenvalue weighted by Gasteiger charge is -2.40. The standard InChI is InChI=1S/C19H26Cl2N2O3/c1-19(2,3)17-12(5-4-8-26-17)10-22-16(24)11-23-18(25)14-7-6-13(20)9-15(14)21/h6-7,9,12,17H,4-5,8,10-11H2,1-3H3,(H,22,24)(H,23,25). The maximum atomic E-state index is 12.1. The number of nitrogens with one attached hydrogen (secondary N) is 2. The topological polar surface area (TPSA) is 67.4 Å². The first-order valence-corrected chi connectivity index (χ1v) is 9.55. The number of rotatable bonds is 5. The number of benzene rings is 1. The minimum Gasteiger partial charge on any atom is -0.377 e. The van der Waals surface area contributed by atoms with E-state index in [0.717, 1.165) is 19.4 Å². The average molecular weight is 401 g/mol. The zero-order chi connectivity index (χ0) is 19.3. The maximum absolute atomic E-state index is 12.1. The van der Waals surface area contributed by atoms with Gasteiger partial charge in [0, 0.05) is 24.1 Å². The van der Waals surface area contributed by atoms with Crippen molar-refractivity contribution in [2.75, 3.05) is 19.7 Å². The van der Waals surface area contributed by atoms with E-state index >= 15 is 0 Å². The molecule has 0 aromatic heterocycles. The van der Waals surface area contributed by atoms with Crippen LogP contribution in [-0.2, 0) is 9.53 Å². The molecular weight excluding hydrogens is 375 g/mol. The van der Waals surface area contributed by atoms with Crippen LogP contribution in [0.1, 0.15) is 44.0 Å². The predicted octanol–water partition coefficient (Wildman–Crippen LogP) is 3.68. The Balaban J connectivity index is 1.82. The van der Waals surface area contributed by atoms with Crippen LogP contribution in [0.25, 0.3) is 0 Å². The lowest BCUT2D eigenvalue weighted by atomic mass is 9.78. The maximum Gasteiger partial charge on any atom is 0.253 e. The largest absolute Gasteiger partial charge is 0.377 e. The van der Waals surface area contributed by atoms with E-state index in [1.807, 2.05) is 0 Å². The first-order chi connectivity index (χ1) is 12.2. The van der Waals surface area contributed by atoms with Gasteiger partial charge < -0.3 is 15.4 Å². The van der Waals surface area contributed by atoms with Crippen LogP contribution in [0.5, 0.6) is 0 Å². The van der Waals surface area contributed by atoms with Gasteiger partial charge in [0.05, 0.1) is 23.2 Å². The van der Waals surface area contributed by atoms with Gasteiger partial charge >= 0.3 is 0 Å². The fraction of sp³-hybridized carbons (Fsp3) is 0.579. The zero-order valence-electron chi connectivity index (χ0n) is 15.4. The molecule has 1 fully saturated rings. The Morgan fingerprint density at radius 2 is 1.96 bits per heavy atom. The number of carbonyl (C=O) groups excluding carboxylic acids is 2. The highest BCUT2D eigenvalue weighted by molar-refractivity contribution is 6.36. The van der Waals surface area contributed by atoms with Crippen molar-refractivity contribution in [1.82, 2.24) is 10.6 Å². The molecule has 0 spiro atoms. The summed E-state index contributed by atoms with van der Waals surface area (Å²) in [7, 11) is 0. The summed E-state index contributed by atoms with van der Waals surface area (Å²) in [6.07, 6.45) is 2.13. The Bertz CT molecular complexity index is 659. The molecule has 2 rings (SSSR count). The van der Waals surface area contributed by atoms with Crippen LogP contribution in [0, 0.1) is 11.3 Å². The highest BCUT2D eigenvalue weighted by Gasteiger charge is 2.35. The van der Waals surface area contributed by atoms with E-state index in [1.165, 1.54) is 12.1 Å². The first-order valence-electron chi connectivity index (χ1n) is 8.80. The molecule has 0 bridgehead atoms. The van der Waals surface area contributed by atoms with Crippen molar-refractivity contribution in [2.24, 2.45) is 11.3 Å². The molecule has 1 aromatic carbocycles. The second-order valence-electron chi connectivity index (χ2n) is 7.67. The van der Waals surface area contributed by atoms with Gasteiger partial charge in [0.25, 0.3) is 5.91 Å². The average Bonchev–Trinajstić information content (AvgIpc) is 2.57.